The van der Waals surface area contributed by atoms with Crippen LogP contribution in [-0.4, -0.2) is 29.1 Å². The summed E-state index contributed by atoms with van der Waals surface area (Å²) in [4.78, 5) is 2.57. The first-order valence-electron chi connectivity index (χ1n) is 8.55. The predicted octanol–water partition coefficient (Wildman–Crippen LogP) is 4.53. The lowest BCUT2D eigenvalue weighted by Crippen LogP contribution is -2.34. The minimum Gasteiger partial charge on any atom is -0.340 e. The average molecular weight is 292 g/mol. The normalized spacial score (nSPS) is 17.5. The summed E-state index contributed by atoms with van der Waals surface area (Å²) in [5.41, 5.74) is 2.78. The van der Waals surface area contributed by atoms with Crippen LogP contribution in [0, 0.1) is 5.92 Å². The summed E-state index contributed by atoms with van der Waals surface area (Å²) in [7, 11) is 0. The van der Waals surface area contributed by atoms with E-state index in [4.69, 9.17) is 0 Å². The van der Waals surface area contributed by atoms with E-state index >= 15 is 0 Å². The van der Waals surface area contributed by atoms with E-state index in [2.05, 4.69) is 64.9 Å². The van der Waals surface area contributed by atoms with Gasteiger partial charge in [0.05, 0.1) is 0 Å². The van der Waals surface area contributed by atoms with Crippen LogP contribution >= 0.6 is 0 Å². The van der Waals surface area contributed by atoms with Crippen molar-refractivity contribution in [3.05, 3.63) is 48.5 Å². The van der Waals surface area contributed by atoms with Crippen LogP contribution < -0.4 is 0 Å². The van der Waals surface area contributed by atoms with Crippen molar-refractivity contribution in [2.24, 2.45) is 5.92 Å². The summed E-state index contributed by atoms with van der Waals surface area (Å²) < 4.78 is 2.55. The SMILES string of the molecule is CCN1CCC(Cn2c3ccccc3c3ccccc32)CC1. The molecular formula is C20H24N2. The summed E-state index contributed by atoms with van der Waals surface area (Å²) in [5.74, 6) is 0.807. The molecule has 0 bridgehead atoms. The van der Waals surface area contributed by atoms with Crippen LogP contribution in [0.5, 0.6) is 0 Å². The standard InChI is InChI=1S/C20H24N2/c1-2-21-13-11-16(12-14-21)15-22-19-9-5-3-7-17(19)18-8-4-6-10-20(18)22/h3-10,16H,2,11-15H2,1H3. The van der Waals surface area contributed by atoms with Crippen LogP contribution in [0.2, 0.25) is 0 Å². The molecule has 1 aromatic heterocycles. The highest BCUT2D eigenvalue weighted by Crippen LogP contribution is 2.31. The van der Waals surface area contributed by atoms with Crippen LogP contribution in [0.3, 0.4) is 0 Å². The molecule has 0 radical (unpaired) electrons. The lowest BCUT2D eigenvalue weighted by Gasteiger charge is -2.31. The Bertz CT molecular complexity index is 725. The fourth-order valence-electron chi connectivity index (χ4n) is 3.94. The lowest BCUT2D eigenvalue weighted by molar-refractivity contribution is 0.183. The molecule has 1 saturated heterocycles. The van der Waals surface area contributed by atoms with Crippen LogP contribution in [0.15, 0.2) is 48.5 Å². The van der Waals surface area contributed by atoms with Crippen molar-refractivity contribution < 1.29 is 0 Å². The maximum absolute atomic E-state index is 2.57. The van der Waals surface area contributed by atoms with Gasteiger partial charge < -0.3 is 9.47 Å². The van der Waals surface area contributed by atoms with Gasteiger partial charge in [-0.3, -0.25) is 0 Å². The van der Waals surface area contributed by atoms with Crippen molar-refractivity contribution in [1.82, 2.24) is 9.47 Å². The molecular weight excluding hydrogens is 268 g/mol. The fraction of sp³-hybridized carbons (Fsp3) is 0.400. The lowest BCUT2D eigenvalue weighted by atomic mass is 9.96. The molecule has 0 aliphatic carbocycles. The number of aromatic nitrogens is 1. The zero-order valence-electron chi connectivity index (χ0n) is 13.3. The quantitative estimate of drug-likeness (QED) is 0.688. The van der Waals surface area contributed by atoms with Crippen molar-refractivity contribution in [2.75, 3.05) is 19.6 Å². The molecule has 2 heteroatoms. The number of benzene rings is 2. The molecule has 1 fully saturated rings. The summed E-state index contributed by atoms with van der Waals surface area (Å²) in [6.45, 7) is 7.15. The molecule has 2 aromatic carbocycles. The smallest absolute Gasteiger partial charge is 0.0491 e. The van der Waals surface area contributed by atoms with Gasteiger partial charge in [-0.2, -0.15) is 0 Å². The van der Waals surface area contributed by atoms with E-state index in [0.717, 1.165) is 12.5 Å². The zero-order valence-corrected chi connectivity index (χ0v) is 13.3. The molecule has 1 aliphatic heterocycles. The van der Waals surface area contributed by atoms with Crippen molar-refractivity contribution in [3.63, 3.8) is 0 Å². The number of rotatable bonds is 3. The van der Waals surface area contributed by atoms with Crippen molar-refractivity contribution >= 4 is 21.8 Å². The summed E-state index contributed by atoms with van der Waals surface area (Å²) in [6.07, 6.45) is 2.66. The largest absolute Gasteiger partial charge is 0.340 e. The Balaban J connectivity index is 1.71. The second kappa shape index (κ2) is 5.77. The molecule has 22 heavy (non-hydrogen) atoms. The van der Waals surface area contributed by atoms with E-state index in [0.29, 0.717) is 0 Å². The van der Waals surface area contributed by atoms with Crippen LogP contribution in [-0.2, 0) is 6.54 Å². The number of piperidine rings is 1. The highest BCUT2D eigenvalue weighted by atomic mass is 15.1. The van der Waals surface area contributed by atoms with E-state index < -0.39 is 0 Å². The number of hydrogen-bond acceptors (Lipinski definition) is 1. The van der Waals surface area contributed by atoms with Gasteiger partial charge in [0.15, 0.2) is 0 Å². The Hall–Kier alpha value is -1.80. The maximum atomic E-state index is 2.57. The number of likely N-dealkylation sites (tertiary alicyclic amines) is 1. The Kier molecular flexibility index (Phi) is 3.63. The molecule has 0 saturated carbocycles. The highest BCUT2D eigenvalue weighted by molar-refractivity contribution is 6.07. The molecule has 3 aromatic rings. The molecule has 0 N–H and O–H groups in total. The van der Waals surface area contributed by atoms with Gasteiger partial charge in [-0.05, 0) is 50.5 Å². The first-order chi connectivity index (χ1) is 10.9. The first kappa shape index (κ1) is 13.8. The summed E-state index contributed by atoms with van der Waals surface area (Å²) in [5, 5.41) is 2.79. The minimum absolute atomic E-state index is 0.807. The van der Waals surface area contributed by atoms with Gasteiger partial charge >= 0.3 is 0 Å². The topological polar surface area (TPSA) is 8.17 Å². The van der Waals surface area contributed by atoms with E-state index in [1.54, 1.807) is 0 Å². The Morgan fingerprint density at radius 1 is 0.864 bits per heavy atom. The number of fused-ring (bicyclic) bond motifs is 3. The molecule has 0 amide bonds. The molecule has 0 atom stereocenters. The van der Waals surface area contributed by atoms with Crippen LogP contribution in [0.1, 0.15) is 19.8 Å². The molecule has 114 valence electrons. The minimum atomic E-state index is 0.807. The molecule has 4 rings (SSSR count). The van der Waals surface area contributed by atoms with Crippen molar-refractivity contribution in [3.8, 4) is 0 Å². The average Bonchev–Trinajstić information content (AvgIpc) is 2.90. The molecule has 2 heterocycles. The van der Waals surface area contributed by atoms with E-state index in [1.165, 1.54) is 54.3 Å². The van der Waals surface area contributed by atoms with Gasteiger partial charge in [0, 0.05) is 28.4 Å². The van der Waals surface area contributed by atoms with E-state index in [9.17, 15) is 0 Å². The monoisotopic (exact) mass is 292 g/mol. The van der Waals surface area contributed by atoms with Crippen LogP contribution in [0.4, 0.5) is 0 Å². The van der Waals surface area contributed by atoms with Crippen molar-refractivity contribution in [1.29, 1.82) is 0 Å². The third kappa shape index (κ3) is 2.32. The van der Waals surface area contributed by atoms with Gasteiger partial charge in [0.25, 0.3) is 0 Å². The van der Waals surface area contributed by atoms with Gasteiger partial charge in [0.2, 0.25) is 0 Å². The predicted molar refractivity (Wildman–Crippen MR) is 94.3 cm³/mol. The van der Waals surface area contributed by atoms with Gasteiger partial charge in [-0.25, -0.2) is 0 Å². The van der Waals surface area contributed by atoms with Gasteiger partial charge in [-0.15, -0.1) is 0 Å². The number of para-hydroxylation sites is 2. The zero-order chi connectivity index (χ0) is 14.9. The summed E-state index contributed by atoms with van der Waals surface area (Å²) >= 11 is 0. The Labute approximate surface area is 132 Å². The molecule has 0 unspecified atom stereocenters. The number of hydrogen-bond donors (Lipinski definition) is 0. The highest BCUT2D eigenvalue weighted by Gasteiger charge is 2.20. The molecule has 0 spiro atoms. The molecule has 2 nitrogen and oxygen atoms in total. The molecule has 1 aliphatic rings. The third-order valence-corrected chi connectivity index (χ3v) is 5.28. The maximum Gasteiger partial charge on any atom is 0.0491 e. The summed E-state index contributed by atoms with van der Waals surface area (Å²) in [6, 6.07) is 17.7. The Morgan fingerprint density at radius 3 is 1.95 bits per heavy atom. The van der Waals surface area contributed by atoms with E-state index in [1.807, 2.05) is 0 Å². The van der Waals surface area contributed by atoms with Crippen molar-refractivity contribution in [2.45, 2.75) is 26.3 Å². The van der Waals surface area contributed by atoms with Gasteiger partial charge in [0.1, 0.15) is 0 Å². The fourth-order valence-corrected chi connectivity index (χ4v) is 3.94. The van der Waals surface area contributed by atoms with Gasteiger partial charge in [-0.1, -0.05) is 43.3 Å². The number of nitrogens with zero attached hydrogens (tertiary/aromatic N) is 2. The first-order valence-corrected chi connectivity index (χ1v) is 8.55. The van der Waals surface area contributed by atoms with Crippen LogP contribution in [0.25, 0.3) is 21.8 Å². The third-order valence-electron chi connectivity index (χ3n) is 5.28. The second-order valence-corrected chi connectivity index (χ2v) is 6.52. The Morgan fingerprint density at radius 2 is 1.41 bits per heavy atom. The second-order valence-electron chi connectivity index (χ2n) is 6.52. The van der Waals surface area contributed by atoms with E-state index in [-0.39, 0.29) is 0 Å².